The molecule has 0 unspecified atom stereocenters. The molecule has 0 atom stereocenters. The molecule has 52 heavy (non-hydrogen) atoms. The van der Waals surface area contributed by atoms with Crippen LogP contribution >= 0.6 is 0 Å². The minimum absolute atomic E-state index is 0.0646. The molecule has 0 radical (unpaired) electrons. The zero-order chi connectivity index (χ0) is 37.4. The summed E-state index contributed by atoms with van der Waals surface area (Å²) in [4.78, 5) is 0. The van der Waals surface area contributed by atoms with Crippen molar-refractivity contribution in [3.8, 4) is 66.8 Å². The highest BCUT2D eigenvalue weighted by molar-refractivity contribution is 6.22. The van der Waals surface area contributed by atoms with E-state index in [4.69, 9.17) is 0 Å². The molecule has 0 spiro atoms. The molecule has 0 heteroatoms. The van der Waals surface area contributed by atoms with Crippen molar-refractivity contribution in [1.29, 1.82) is 0 Å². The van der Waals surface area contributed by atoms with Gasteiger partial charge in [0.2, 0.25) is 0 Å². The van der Waals surface area contributed by atoms with Gasteiger partial charge in [-0.3, -0.25) is 0 Å². The molecule has 0 nitrogen and oxygen atoms in total. The Morgan fingerprint density at radius 1 is 0.231 bits per heavy atom. The number of rotatable bonds is 4. The quantitative estimate of drug-likeness (QED) is 0.174. The maximum atomic E-state index is 2.37. The van der Waals surface area contributed by atoms with Crippen LogP contribution < -0.4 is 0 Å². The van der Waals surface area contributed by atoms with Gasteiger partial charge >= 0.3 is 0 Å². The molecule has 0 N–H and O–H groups in total. The van der Waals surface area contributed by atoms with E-state index in [0.29, 0.717) is 0 Å². The fourth-order valence-corrected chi connectivity index (χ4v) is 7.85. The van der Waals surface area contributed by atoms with Crippen LogP contribution in [0.1, 0.15) is 105 Å². The van der Waals surface area contributed by atoms with Crippen LogP contribution in [-0.4, -0.2) is 0 Å². The van der Waals surface area contributed by atoms with Crippen molar-refractivity contribution in [2.45, 2.75) is 105 Å². The molecule has 0 saturated carbocycles. The Labute approximate surface area is 314 Å². The fraction of sp³-hybridized carbons (Fsp3) is 0.308. The van der Waals surface area contributed by atoms with Gasteiger partial charge in [0.05, 0.1) is 0 Å². The van der Waals surface area contributed by atoms with Crippen LogP contribution in [0, 0.1) is 0 Å². The summed E-state index contributed by atoms with van der Waals surface area (Å²) in [6.45, 7) is 27.6. The van der Waals surface area contributed by atoms with E-state index in [1.165, 1.54) is 89.0 Å². The van der Waals surface area contributed by atoms with E-state index >= 15 is 0 Å². The lowest BCUT2D eigenvalue weighted by molar-refractivity contribution is 0.590. The topological polar surface area (TPSA) is 0 Å². The number of fused-ring (bicyclic) bond motifs is 4. The van der Waals surface area contributed by atoms with Crippen LogP contribution in [0.15, 0.2) is 121 Å². The van der Waals surface area contributed by atoms with Gasteiger partial charge in [-0.05, 0) is 111 Å². The van der Waals surface area contributed by atoms with Crippen molar-refractivity contribution in [1.82, 2.24) is 0 Å². The summed E-state index contributed by atoms with van der Waals surface area (Å²) in [5.41, 5.74) is 21.3. The third kappa shape index (κ3) is 6.36. The normalized spacial score (nSPS) is 13.0. The Morgan fingerprint density at radius 2 is 0.423 bits per heavy atom. The molecule has 0 fully saturated rings. The summed E-state index contributed by atoms with van der Waals surface area (Å²) in [5.74, 6) is 0. The zero-order valence-corrected chi connectivity index (χ0v) is 33.5. The second-order valence-corrected chi connectivity index (χ2v) is 19.1. The minimum atomic E-state index is 0.0646. The van der Waals surface area contributed by atoms with E-state index in [1.54, 1.807) is 0 Å². The van der Waals surface area contributed by atoms with Crippen LogP contribution in [0.2, 0.25) is 0 Å². The van der Waals surface area contributed by atoms with Crippen molar-refractivity contribution in [3.05, 3.63) is 144 Å². The van der Waals surface area contributed by atoms with E-state index in [2.05, 4.69) is 204 Å². The molecule has 1 aliphatic rings. The smallest absolute Gasteiger partial charge is 0.000741 e. The van der Waals surface area contributed by atoms with Gasteiger partial charge in [0.25, 0.3) is 0 Å². The van der Waals surface area contributed by atoms with Crippen LogP contribution in [0.4, 0.5) is 0 Å². The van der Waals surface area contributed by atoms with Crippen LogP contribution in [0.5, 0.6) is 0 Å². The van der Waals surface area contributed by atoms with Gasteiger partial charge in [-0.1, -0.05) is 204 Å². The van der Waals surface area contributed by atoms with E-state index < -0.39 is 0 Å². The highest BCUT2D eigenvalue weighted by Gasteiger charge is 2.35. The summed E-state index contributed by atoms with van der Waals surface area (Å²) in [7, 11) is 0. The van der Waals surface area contributed by atoms with Crippen molar-refractivity contribution in [2.24, 2.45) is 0 Å². The number of hydrogen-bond donors (Lipinski definition) is 0. The molecule has 0 saturated heterocycles. The summed E-state index contributed by atoms with van der Waals surface area (Å²) in [6.07, 6.45) is 0. The second-order valence-electron chi connectivity index (χ2n) is 19.1. The molecule has 7 rings (SSSR count). The molecule has 6 aromatic rings. The Bertz CT molecular complexity index is 2080. The Balaban J connectivity index is 1.65. The average molecular weight is 681 g/mol. The molecule has 0 aromatic heterocycles. The van der Waals surface area contributed by atoms with Crippen molar-refractivity contribution < 1.29 is 0 Å². The largest absolute Gasteiger partial charge is 0.0616 e. The Morgan fingerprint density at radius 3 is 0.615 bits per heavy atom. The lowest BCUT2D eigenvalue weighted by atomic mass is 9.67. The first-order chi connectivity index (χ1) is 24.3. The van der Waals surface area contributed by atoms with E-state index in [1.807, 2.05) is 0 Å². The summed E-state index contributed by atoms with van der Waals surface area (Å²) in [5, 5.41) is 0. The van der Waals surface area contributed by atoms with E-state index in [9.17, 15) is 0 Å². The van der Waals surface area contributed by atoms with Crippen molar-refractivity contribution in [3.63, 3.8) is 0 Å². The van der Waals surface area contributed by atoms with Crippen LogP contribution in [0.25, 0.3) is 66.8 Å². The molecule has 0 bridgehead atoms. The van der Waals surface area contributed by atoms with Crippen molar-refractivity contribution in [2.75, 3.05) is 0 Å². The van der Waals surface area contributed by atoms with Crippen LogP contribution in [0.3, 0.4) is 0 Å². The Kier molecular flexibility index (Phi) is 8.57. The Hall–Kier alpha value is -4.68. The summed E-state index contributed by atoms with van der Waals surface area (Å²) >= 11 is 0. The summed E-state index contributed by atoms with van der Waals surface area (Å²) < 4.78 is 0. The minimum Gasteiger partial charge on any atom is -0.0616 e. The molecular weight excluding hydrogens is 625 g/mol. The molecule has 0 amide bonds. The fourth-order valence-electron chi connectivity index (χ4n) is 7.85. The van der Waals surface area contributed by atoms with Gasteiger partial charge in [0.1, 0.15) is 0 Å². The van der Waals surface area contributed by atoms with E-state index in [0.717, 1.165) is 0 Å². The van der Waals surface area contributed by atoms with Crippen molar-refractivity contribution >= 4 is 0 Å². The monoisotopic (exact) mass is 680 g/mol. The molecule has 0 aliphatic heterocycles. The molecular formula is C52H56. The van der Waals surface area contributed by atoms with Gasteiger partial charge in [-0.15, -0.1) is 0 Å². The summed E-state index contributed by atoms with van der Waals surface area (Å²) in [6, 6.07) is 46.8. The number of hydrogen-bond acceptors (Lipinski definition) is 0. The average Bonchev–Trinajstić information content (AvgIpc) is 3.08. The second kappa shape index (κ2) is 12.5. The SMILES string of the molecule is CC(C)(C)c1ccc(-c2c(-c3ccc(C(C)(C)C)cc3)c(-c3ccc(C(C)(C)C)cc3)c3c(c2-c2ccc(C(C)(C)C)cc2)-c2ccccc2-3)cc1. The molecule has 264 valence electrons. The maximum absolute atomic E-state index is 2.37. The lowest BCUT2D eigenvalue weighted by Crippen LogP contribution is -2.12. The van der Waals surface area contributed by atoms with Gasteiger partial charge < -0.3 is 0 Å². The lowest BCUT2D eigenvalue weighted by Gasteiger charge is -2.35. The molecule has 0 heterocycles. The molecule has 1 aliphatic carbocycles. The third-order valence-corrected chi connectivity index (χ3v) is 11.1. The maximum Gasteiger partial charge on any atom is -0.000741 e. The predicted octanol–water partition coefficient (Wildman–Crippen LogP) is 15.2. The van der Waals surface area contributed by atoms with Gasteiger partial charge in [-0.25, -0.2) is 0 Å². The highest BCUT2D eigenvalue weighted by atomic mass is 14.4. The number of benzene rings is 6. The van der Waals surface area contributed by atoms with Gasteiger partial charge in [0, 0.05) is 0 Å². The highest BCUT2D eigenvalue weighted by Crippen LogP contribution is 2.62. The predicted molar refractivity (Wildman–Crippen MR) is 227 cm³/mol. The zero-order valence-electron chi connectivity index (χ0n) is 33.5. The molecule has 6 aromatic carbocycles. The standard InChI is InChI=1S/C52H56/c1-49(2,3)37-25-17-33(18-26-37)43-44(34-19-27-38(28-20-34)50(4,5)6)46(36-23-31-40(32-24-36)52(10,11)12)48-42-16-14-13-15-41(42)47(48)45(43)35-21-29-39(30-22-35)51(7,8)9/h13-32H,1-12H3. The van der Waals surface area contributed by atoms with Gasteiger partial charge in [-0.2, -0.15) is 0 Å². The van der Waals surface area contributed by atoms with Gasteiger partial charge in [0.15, 0.2) is 0 Å². The first kappa shape index (κ1) is 35.7. The first-order valence-corrected chi connectivity index (χ1v) is 19.1. The van der Waals surface area contributed by atoms with E-state index in [-0.39, 0.29) is 21.7 Å². The third-order valence-electron chi connectivity index (χ3n) is 11.1. The first-order valence-electron chi connectivity index (χ1n) is 19.1. The van der Waals surface area contributed by atoms with Crippen LogP contribution in [-0.2, 0) is 21.7 Å².